The van der Waals surface area contributed by atoms with E-state index in [2.05, 4.69) is 37.4 Å². The molecule has 0 radical (unpaired) electrons. The van der Waals surface area contributed by atoms with Gasteiger partial charge in [0.25, 0.3) is 0 Å². The molecule has 1 rings (SSSR count). The van der Waals surface area contributed by atoms with Crippen molar-refractivity contribution in [3.63, 3.8) is 0 Å². The Morgan fingerprint density at radius 2 is 2.00 bits per heavy atom. The van der Waals surface area contributed by atoms with E-state index in [9.17, 15) is 0 Å². The van der Waals surface area contributed by atoms with E-state index in [-0.39, 0.29) is 0 Å². The largest absolute Gasteiger partial charge is 0.494 e. The summed E-state index contributed by atoms with van der Waals surface area (Å²) in [5.74, 6) is 0.970. The van der Waals surface area contributed by atoms with E-state index in [0.717, 1.165) is 18.9 Å². The summed E-state index contributed by atoms with van der Waals surface area (Å²) in [5, 5.41) is 3.59. The fourth-order valence-electron chi connectivity index (χ4n) is 2.18. The highest BCUT2D eigenvalue weighted by Gasteiger charge is 2.02. The van der Waals surface area contributed by atoms with Crippen LogP contribution in [0.3, 0.4) is 0 Å². The van der Waals surface area contributed by atoms with Gasteiger partial charge >= 0.3 is 0 Å². The fourth-order valence-corrected chi connectivity index (χ4v) is 2.18. The number of ether oxygens (including phenoxy) is 1. The highest BCUT2D eigenvalue weighted by molar-refractivity contribution is 5.28. The summed E-state index contributed by atoms with van der Waals surface area (Å²) in [5.41, 5.74) is 1.30. The highest BCUT2D eigenvalue weighted by atomic mass is 16.5. The Morgan fingerprint density at radius 3 is 2.74 bits per heavy atom. The van der Waals surface area contributed by atoms with Crippen LogP contribution in [0.2, 0.25) is 0 Å². The van der Waals surface area contributed by atoms with Gasteiger partial charge in [-0.2, -0.15) is 0 Å². The first-order valence-corrected chi connectivity index (χ1v) is 7.71. The molecule has 0 bridgehead atoms. The minimum atomic E-state index is 0.590. The van der Waals surface area contributed by atoms with Crippen LogP contribution in [0, 0.1) is 0 Å². The molecule has 1 aromatic carbocycles. The summed E-state index contributed by atoms with van der Waals surface area (Å²) in [6.45, 7) is 8.20. The standard InChI is InChI=1S/C17H29NO/c1-4-6-7-8-10-15(3)18-14-16-11-9-12-17(13-16)19-5-2/h9,11-13,15,18H,4-8,10,14H2,1-3H3. The van der Waals surface area contributed by atoms with Gasteiger partial charge in [0, 0.05) is 12.6 Å². The maximum absolute atomic E-state index is 5.52. The van der Waals surface area contributed by atoms with E-state index in [1.165, 1.54) is 37.7 Å². The Morgan fingerprint density at radius 1 is 1.16 bits per heavy atom. The molecule has 1 aromatic rings. The number of nitrogens with one attached hydrogen (secondary N) is 1. The molecule has 1 unspecified atom stereocenters. The molecule has 1 N–H and O–H groups in total. The van der Waals surface area contributed by atoms with Gasteiger partial charge in [-0.25, -0.2) is 0 Å². The molecule has 0 saturated carbocycles. The molecule has 0 spiro atoms. The van der Waals surface area contributed by atoms with Crippen molar-refractivity contribution in [1.82, 2.24) is 5.32 Å². The van der Waals surface area contributed by atoms with E-state index >= 15 is 0 Å². The zero-order valence-electron chi connectivity index (χ0n) is 12.7. The van der Waals surface area contributed by atoms with Crippen molar-refractivity contribution in [3.8, 4) is 5.75 Å². The van der Waals surface area contributed by atoms with Crippen LogP contribution in [-0.4, -0.2) is 12.6 Å². The number of rotatable bonds is 10. The molecule has 0 aliphatic heterocycles. The fraction of sp³-hybridized carbons (Fsp3) is 0.647. The van der Waals surface area contributed by atoms with Crippen LogP contribution >= 0.6 is 0 Å². The first kappa shape index (κ1) is 16.0. The second kappa shape index (κ2) is 9.85. The lowest BCUT2D eigenvalue weighted by atomic mass is 10.1. The first-order valence-electron chi connectivity index (χ1n) is 7.71. The van der Waals surface area contributed by atoms with Crippen LogP contribution < -0.4 is 10.1 Å². The summed E-state index contributed by atoms with van der Waals surface area (Å²) in [4.78, 5) is 0. The smallest absolute Gasteiger partial charge is 0.119 e. The lowest BCUT2D eigenvalue weighted by Gasteiger charge is -2.14. The summed E-state index contributed by atoms with van der Waals surface area (Å²) in [6, 6.07) is 8.95. The molecule has 2 nitrogen and oxygen atoms in total. The van der Waals surface area contributed by atoms with Gasteiger partial charge in [-0.05, 0) is 38.0 Å². The molecule has 108 valence electrons. The van der Waals surface area contributed by atoms with Crippen molar-refractivity contribution in [2.45, 2.75) is 65.5 Å². The van der Waals surface area contributed by atoms with Crippen LogP contribution in [0.4, 0.5) is 0 Å². The van der Waals surface area contributed by atoms with E-state index in [1.54, 1.807) is 0 Å². The van der Waals surface area contributed by atoms with Gasteiger partial charge in [0.15, 0.2) is 0 Å². The minimum absolute atomic E-state index is 0.590. The van der Waals surface area contributed by atoms with Crippen LogP contribution in [0.1, 0.15) is 58.4 Å². The quantitative estimate of drug-likeness (QED) is 0.626. The van der Waals surface area contributed by atoms with Crippen molar-refractivity contribution in [2.24, 2.45) is 0 Å². The van der Waals surface area contributed by atoms with Gasteiger partial charge < -0.3 is 10.1 Å². The molecule has 0 aliphatic rings. The molecule has 0 aromatic heterocycles. The van der Waals surface area contributed by atoms with E-state index in [0.29, 0.717) is 6.04 Å². The predicted molar refractivity (Wildman–Crippen MR) is 82.7 cm³/mol. The molecule has 2 heteroatoms. The molecule has 19 heavy (non-hydrogen) atoms. The second-order valence-corrected chi connectivity index (χ2v) is 5.21. The highest BCUT2D eigenvalue weighted by Crippen LogP contribution is 2.13. The number of hydrogen-bond acceptors (Lipinski definition) is 2. The van der Waals surface area contributed by atoms with Gasteiger partial charge in [-0.1, -0.05) is 44.7 Å². The van der Waals surface area contributed by atoms with Crippen LogP contribution in [0.25, 0.3) is 0 Å². The number of benzene rings is 1. The molecular weight excluding hydrogens is 234 g/mol. The van der Waals surface area contributed by atoms with Crippen molar-refractivity contribution < 1.29 is 4.74 Å². The summed E-state index contributed by atoms with van der Waals surface area (Å²) in [6.07, 6.45) is 6.64. The predicted octanol–water partition coefficient (Wildman–Crippen LogP) is 4.53. The van der Waals surface area contributed by atoms with Crippen molar-refractivity contribution in [3.05, 3.63) is 29.8 Å². The Hall–Kier alpha value is -1.02. The van der Waals surface area contributed by atoms with Crippen molar-refractivity contribution in [2.75, 3.05) is 6.61 Å². The minimum Gasteiger partial charge on any atom is -0.494 e. The van der Waals surface area contributed by atoms with E-state index in [4.69, 9.17) is 4.74 Å². The molecular formula is C17H29NO. The lowest BCUT2D eigenvalue weighted by Crippen LogP contribution is -2.25. The van der Waals surface area contributed by atoms with Gasteiger partial charge in [0.1, 0.15) is 5.75 Å². The number of unbranched alkanes of at least 4 members (excludes halogenated alkanes) is 3. The van der Waals surface area contributed by atoms with Crippen LogP contribution in [0.5, 0.6) is 5.75 Å². The van der Waals surface area contributed by atoms with E-state index < -0.39 is 0 Å². The zero-order valence-corrected chi connectivity index (χ0v) is 12.7. The average Bonchev–Trinajstić information content (AvgIpc) is 2.42. The SMILES string of the molecule is CCCCCCC(C)NCc1cccc(OCC)c1. The summed E-state index contributed by atoms with van der Waals surface area (Å²) < 4.78 is 5.52. The van der Waals surface area contributed by atoms with Gasteiger partial charge in [0.2, 0.25) is 0 Å². The van der Waals surface area contributed by atoms with Crippen LogP contribution in [0.15, 0.2) is 24.3 Å². The molecule has 0 saturated heterocycles. The third-order valence-electron chi connectivity index (χ3n) is 3.35. The van der Waals surface area contributed by atoms with E-state index in [1.807, 2.05) is 13.0 Å². The van der Waals surface area contributed by atoms with Gasteiger partial charge in [0.05, 0.1) is 6.61 Å². The van der Waals surface area contributed by atoms with Gasteiger partial charge in [-0.3, -0.25) is 0 Å². The third-order valence-corrected chi connectivity index (χ3v) is 3.35. The molecule has 0 aliphatic carbocycles. The zero-order chi connectivity index (χ0) is 13.9. The summed E-state index contributed by atoms with van der Waals surface area (Å²) >= 11 is 0. The average molecular weight is 263 g/mol. The molecule has 0 fully saturated rings. The first-order chi connectivity index (χ1) is 9.26. The third kappa shape index (κ3) is 7.22. The maximum atomic E-state index is 5.52. The number of hydrogen-bond donors (Lipinski definition) is 1. The normalized spacial score (nSPS) is 12.4. The van der Waals surface area contributed by atoms with Crippen molar-refractivity contribution >= 4 is 0 Å². The summed E-state index contributed by atoms with van der Waals surface area (Å²) in [7, 11) is 0. The Bertz CT molecular complexity index is 338. The second-order valence-electron chi connectivity index (χ2n) is 5.21. The lowest BCUT2D eigenvalue weighted by molar-refractivity contribution is 0.339. The Kier molecular flexibility index (Phi) is 8.31. The van der Waals surface area contributed by atoms with Crippen molar-refractivity contribution in [1.29, 1.82) is 0 Å². The monoisotopic (exact) mass is 263 g/mol. The molecule has 0 heterocycles. The maximum Gasteiger partial charge on any atom is 0.119 e. The topological polar surface area (TPSA) is 21.3 Å². The Labute approximate surface area is 118 Å². The molecule has 1 atom stereocenters. The molecule has 0 amide bonds. The van der Waals surface area contributed by atoms with Gasteiger partial charge in [-0.15, -0.1) is 0 Å². The Balaban J connectivity index is 2.25. The van der Waals surface area contributed by atoms with Crippen LogP contribution in [-0.2, 0) is 6.54 Å².